The molecular formula is C24H28N2O2S. The summed E-state index contributed by atoms with van der Waals surface area (Å²) in [7, 11) is 0. The third kappa shape index (κ3) is 3.25. The van der Waals surface area contributed by atoms with E-state index in [1.54, 1.807) is 0 Å². The van der Waals surface area contributed by atoms with E-state index in [-0.39, 0.29) is 23.5 Å². The number of carbonyl (C=O) groups is 1. The van der Waals surface area contributed by atoms with Gasteiger partial charge in [-0.2, -0.15) is 0 Å². The van der Waals surface area contributed by atoms with Crippen LogP contribution in [0, 0.1) is 5.21 Å². The van der Waals surface area contributed by atoms with Crippen LogP contribution in [0.25, 0.3) is 0 Å². The molecule has 5 rings (SSSR count). The molecule has 3 aliphatic rings. The maximum Gasteiger partial charge on any atom is 0.190 e. The SMILES string of the molecule is O=C1CCCCC1[N+]12CSC(c3ccccc3)C1CN([O-])C2Cc1ccccc1. The van der Waals surface area contributed by atoms with Gasteiger partial charge in [-0.25, -0.2) is 0 Å². The van der Waals surface area contributed by atoms with Gasteiger partial charge < -0.3 is 10.3 Å². The number of hydrogen-bond donors (Lipinski definition) is 0. The molecule has 5 atom stereocenters. The van der Waals surface area contributed by atoms with Crippen molar-refractivity contribution in [2.75, 3.05) is 12.4 Å². The molecule has 0 spiro atoms. The largest absolute Gasteiger partial charge is 0.781 e. The van der Waals surface area contributed by atoms with E-state index in [0.717, 1.165) is 25.1 Å². The lowest BCUT2D eigenvalue weighted by Gasteiger charge is -2.48. The van der Waals surface area contributed by atoms with E-state index in [9.17, 15) is 10.0 Å². The van der Waals surface area contributed by atoms with Crippen molar-refractivity contribution in [3.8, 4) is 0 Å². The van der Waals surface area contributed by atoms with Gasteiger partial charge in [-0.1, -0.05) is 72.4 Å². The molecule has 2 aliphatic heterocycles. The van der Waals surface area contributed by atoms with E-state index >= 15 is 0 Å². The number of benzene rings is 2. The van der Waals surface area contributed by atoms with Crippen molar-refractivity contribution in [3.63, 3.8) is 0 Å². The van der Waals surface area contributed by atoms with Crippen LogP contribution in [0.4, 0.5) is 0 Å². The molecule has 1 saturated carbocycles. The molecule has 5 heteroatoms. The second-order valence-corrected chi connectivity index (χ2v) is 9.79. The Morgan fingerprint density at radius 1 is 1.03 bits per heavy atom. The zero-order chi connectivity index (χ0) is 19.8. The first-order chi connectivity index (χ1) is 14.2. The van der Waals surface area contributed by atoms with Crippen molar-refractivity contribution < 1.29 is 9.28 Å². The predicted octanol–water partition coefficient (Wildman–Crippen LogP) is 4.51. The Morgan fingerprint density at radius 3 is 2.48 bits per heavy atom. The number of thioether (sulfide) groups is 1. The van der Waals surface area contributed by atoms with Crippen LogP contribution in [0.5, 0.6) is 0 Å². The van der Waals surface area contributed by atoms with Gasteiger partial charge in [0.2, 0.25) is 0 Å². The standard InChI is InChI=1S/C24H28N2O2S/c27-22-14-8-7-13-20(22)26-17-29-24(19-11-5-2-6-12-19)21(26)16-25(28)23(26)15-18-9-3-1-4-10-18/h1-6,9-12,20-21,23-24H,7-8,13-17H2. The number of hydrogen-bond acceptors (Lipinski definition) is 4. The number of quaternary nitrogens is 1. The number of carbonyl (C=O) groups excluding carboxylic acids is 1. The lowest BCUT2D eigenvalue weighted by atomic mass is 9.88. The smallest absolute Gasteiger partial charge is 0.190 e. The number of fused-ring (bicyclic) bond motifs is 1. The Morgan fingerprint density at radius 2 is 1.76 bits per heavy atom. The Balaban J connectivity index is 1.55. The van der Waals surface area contributed by atoms with Crippen molar-refractivity contribution in [2.24, 2.45) is 0 Å². The number of rotatable bonds is 4. The second kappa shape index (κ2) is 7.88. The normalized spacial score (nSPS) is 35.0. The quantitative estimate of drug-likeness (QED) is 0.698. The molecule has 0 radical (unpaired) electrons. The van der Waals surface area contributed by atoms with E-state index in [1.807, 2.05) is 36.0 Å². The Hall–Kier alpha value is -1.66. The molecule has 0 amide bonds. The van der Waals surface area contributed by atoms with Gasteiger partial charge in [-0.3, -0.25) is 9.28 Å². The van der Waals surface area contributed by atoms with Crippen molar-refractivity contribution in [3.05, 3.63) is 77.0 Å². The van der Waals surface area contributed by atoms with E-state index in [2.05, 4.69) is 36.4 Å². The monoisotopic (exact) mass is 408 g/mol. The van der Waals surface area contributed by atoms with Gasteiger partial charge >= 0.3 is 0 Å². The van der Waals surface area contributed by atoms with E-state index in [1.165, 1.54) is 16.2 Å². The van der Waals surface area contributed by atoms with Crippen LogP contribution in [0.3, 0.4) is 0 Å². The van der Waals surface area contributed by atoms with Gasteiger partial charge in [0, 0.05) is 25.8 Å². The van der Waals surface area contributed by atoms with Crippen LogP contribution in [0.15, 0.2) is 60.7 Å². The van der Waals surface area contributed by atoms with Gasteiger partial charge in [0.05, 0.1) is 5.25 Å². The minimum atomic E-state index is -0.171. The number of ketones is 1. The number of Topliss-reactive ketones (excluding diaryl/α,β-unsaturated/α-hetero) is 1. The average molecular weight is 409 g/mol. The molecule has 29 heavy (non-hydrogen) atoms. The molecule has 0 aromatic heterocycles. The lowest BCUT2D eigenvalue weighted by molar-refractivity contribution is -0.964. The van der Waals surface area contributed by atoms with Crippen molar-refractivity contribution >= 4 is 17.5 Å². The van der Waals surface area contributed by atoms with Gasteiger partial charge in [-0.15, -0.1) is 0 Å². The summed E-state index contributed by atoms with van der Waals surface area (Å²) in [5.74, 6) is 1.24. The molecule has 4 nitrogen and oxygen atoms in total. The molecule has 152 valence electrons. The molecule has 1 aliphatic carbocycles. The van der Waals surface area contributed by atoms with E-state index in [4.69, 9.17) is 0 Å². The summed E-state index contributed by atoms with van der Waals surface area (Å²) in [5.41, 5.74) is 2.48. The summed E-state index contributed by atoms with van der Waals surface area (Å²) < 4.78 is 0.668. The molecule has 2 aromatic carbocycles. The molecular weight excluding hydrogens is 380 g/mol. The molecule has 5 unspecified atom stereocenters. The predicted molar refractivity (Wildman–Crippen MR) is 117 cm³/mol. The summed E-state index contributed by atoms with van der Waals surface area (Å²) in [6.45, 7) is 0.522. The maximum atomic E-state index is 13.3. The molecule has 2 saturated heterocycles. The summed E-state index contributed by atoms with van der Waals surface area (Å²) >= 11 is 1.95. The van der Waals surface area contributed by atoms with E-state index in [0.29, 0.717) is 29.7 Å². The fourth-order valence-corrected chi connectivity index (χ4v) is 7.68. The van der Waals surface area contributed by atoms with Crippen LogP contribution in [-0.2, 0) is 11.2 Å². The highest BCUT2D eigenvalue weighted by Crippen LogP contribution is 2.54. The third-order valence-corrected chi connectivity index (χ3v) is 8.73. The van der Waals surface area contributed by atoms with Gasteiger partial charge in [0.1, 0.15) is 18.1 Å². The van der Waals surface area contributed by atoms with Crippen LogP contribution in [0.1, 0.15) is 42.1 Å². The van der Waals surface area contributed by atoms with Crippen LogP contribution in [0.2, 0.25) is 0 Å². The zero-order valence-corrected chi connectivity index (χ0v) is 17.5. The highest BCUT2D eigenvalue weighted by atomic mass is 32.2. The fourth-order valence-electron chi connectivity index (χ4n) is 5.83. The van der Waals surface area contributed by atoms with Gasteiger partial charge in [0.25, 0.3) is 0 Å². The van der Waals surface area contributed by atoms with Crippen molar-refractivity contribution in [2.45, 2.75) is 55.6 Å². The van der Waals surface area contributed by atoms with Crippen LogP contribution < -0.4 is 0 Å². The zero-order valence-electron chi connectivity index (χ0n) is 16.7. The number of nitrogens with zero attached hydrogens (tertiary/aromatic N) is 2. The average Bonchev–Trinajstić information content (AvgIpc) is 3.25. The first-order valence-electron chi connectivity index (χ1n) is 10.7. The van der Waals surface area contributed by atoms with Crippen molar-refractivity contribution in [1.82, 2.24) is 5.06 Å². The minimum absolute atomic E-state index is 0.0253. The number of hydroxylamine groups is 2. The minimum Gasteiger partial charge on any atom is -0.781 e. The Labute approximate surface area is 177 Å². The second-order valence-electron chi connectivity index (χ2n) is 8.69. The van der Waals surface area contributed by atoms with Crippen molar-refractivity contribution in [1.29, 1.82) is 0 Å². The van der Waals surface area contributed by atoms with Gasteiger partial charge in [0.15, 0.2) is 11.8 Å². The first kappa shape index (κ1) is 19.3. The molecule has 3 fully saturated rings. The molecule has 0 bridgehead atoms. The molecule has 2 heterocycles. The maximum absolute atomic E-state index is 13.3. The lowest BCUT2D eigenvalue weighted by Crippen LogP contribution is -2.65. The highest BCUT2D eigenvalue weighted by Gasteiger charge is 2.63. The summed E-state index contributed by atoms with van der Waals surface area (Å²) in [6, 6.07) is 21.0. The summed E-state index contributed by atoms with van der Waals surface area (Å²) in [6.07, 6.45) is 4.24. The topological polar surface area (TPSA) is 43.4 Å². The van der Waals surface area contributed by atoms with Crippen LogP contribution in [-0.4, -0.2) is 46.0 Å². The summed E-state index contributed by atoms with van der Waals surface area (Å²) in [4.78, 5) is 13.1. The van der Waals surface area contributed by atoms with E-state index < -0.39 is 0 Å². The van der Waals surface area contributed by atoms with Gasteiger partial charge in [-0.05, 0) is 24.0 Å². The Kier molecular flexibility index (Phi) is 5.25. The highest BCUT2D eigenvalue weighted by molar-refractivity contribution is 7.99. The first-order valence-corrected chi connectivity index (χ1v) is 11.8. The molecule has 2 aromatic rings. The summed E-state index contributed by atoms with van der Waals surface area (Å²) in [5, 5.41) is 14.9. The fraction of sp³-hybridized carbons (Fsp3) is 0.458. The Bertz CT molecular complexity index is 858. The third-order valence-electron chi connectivity index (χ3n) is 7.19. The molecule has 0 N–H and O–H groups in total. The van der Waals surface area contributed by atoms with Crippen LogP contribution >= 0.6 is 11.8 Å².